The third-order valence-corrected chi connectivity index (χ3v) is 4.58. The number of para-hydroxylation sites is 1. The first-order chi connectivity index (χ1) is 14.1. The molecule has 1 amide bonds. The van der Waals surface area contributed by atoms with Gasteiger partial charge in [0.05, 0.1) is 0 Å². The van der Waals surface area contributed by atoms with Gasteiger partial charge in [-0.15, -0.1) is 0 Å². The van der Waals surface area contributed by atoms with E-state index < -0.39 is 5.97 Å². The Bertz CT molecular complexity index is 972. The molecule has 1 heterocycles. The number of Topliss-reactive ketones (excluding diaryl/α,β-unsaturated/α-hetero) is 1. The normalized spacial score (nSPS) is 10.7. The van der Waals surface area contributed by atoms with Gasteiger partial charge >= 0.3 is 5.97 Å². The minimum Gasteiger partial charge on any atom is -0.453 e. The van der Waals surface area contributed by atoms with E-state index in [9.17, 15) is 14.4 Å². The number of ether oxygens (including phenoxy) is 1. The van der Waals surface area contributed by atoms with Crippen molar-refractivity contribution in [3.8, 4) is 0 Å². The van der Waals surface area contributed by atoms with E-state index in [1.54, 1.807) is 30.3 Å². The molecule has 2 N–H and O–H groups in total. The number of unbranched alkanes of at least 4 members (excludes halogenated alkanes) is 2. The lowest BCUT2D eigenvalue weighted by Crippen LogP contribution is -2.15. The average molecular weight is 392 g/mol. The lowest BCUT2D eigenvalue weighted by molar-refractivity contribution is -0.116. The number of H-pyrrole nitrogens is 1. The van der Waals surface area contributed by atoms with Crippen molar-refractivity contribution in [1.82, 2.24) is 4.98 Å². The number of aromatic amines is 1. The van der Waals surface area contributed by atoms with Gasteiger partial charge in [0.25, 0.3) is 0 Å². The zero-order valence-corrected chi connectivity index (χ0v) is 16.4. The number of anilines is 1. The molecule has 0 fully saturated rings. The summed E-state index contributed by atoms with van der Waals surface area (Å²) in [5, 5.41) is 3.71. The predicted octanol–water partition coefficient (Wildman–Crippen LogP) is 4.73. The summed E-state index contributed by atoms with van der Waals surface area (Å²) in [6.07, 6.45) is 3.44. The standard InChI is InChI=1S/C23H24N2O4/c1-2-3-4-9-22(27)24-18-12-10-16(11-13-18)21(26)15-29-23(28)20-14-17-7-5-6-8-19(17)25-20/h5-8,10-14,25H,2-4,9,15H2,1H3,(H,24,27). The van der Waals surface area contributed by atoms with E-state index in [4.69, 9.17) is 4.74 Å². The smallest absolute Gasteiger partial charge is 0.355 e. The van der Waals surface area contributed by atoms with Gasteiger partial charge in [0.1, 0.15) is 5.69 Å². The summed E-state index contributed by atoms with van der Waals surface area (Å²) >= 11 is 0. The van der Waals surface area contributed by atoms with Crippen LogP contribution in [0.5, 0.6) is 0 Å². The Morgan fingerprint density at radius 1 is 1.00 bits per heavy atom. The predicted molar refractivity (Wildman–Crippen MR) is 112 cm³/mol. The van der Waals surface area contributed by atoms with Crippen LogP contribution in [0.15, 0.2) is 54.6 Å². The topological polar surface area (TPSA) is 88.3 Å². The molecule has 0 saturated heterocycles. The van der Waals surface area contributed by atoms with Gasteiger partial charge in [-0.3, -0.25) is 9.59 Å². The molecule has 0 spiro atoms. The van der Waals surface area contributed by atoms with Crippen molar-refractivity contribution < 1.29 is 19.1 Å². The Hall–Kier alpha value is -3.41. The molecular weight excluding hydrogens is 368 g/mol. The van der Waals surface area contributed by atoms with Crippen LogP contribution in [-0.4, -0.2) is 29.3 Å². The molecule has 0 aliphatic rings. The maximum absolute atomic E-state index is 12.3. The van der Waals surface area contributed by atoms with E-state index in [1.165, 1.54) is 0 Å². The minimum atomic E-state index is -0.578. The summed E-state index contributed by atoms with van der Waals surface area (Å²) in [5.41, 5.74) is 2.19. The van der Waals surface area contributed by atoms with Gasteiger partial charge in [-0.2, -0.15) is 0 Å². The third-order valence-electron chi connectivity index (χ3n) is 4.58. The number of nitrogens with one attached hydrogen (secondary N) is 2. The maximum Gasteiger partial charge on any atom is 0.355 e. The van der Waals surface area contributed by atoms with Gasteiger partial charge in [-0.1, -0.05) is 38.0 Å². The highest BCUT2D eigenvalue weighted by molar-refractivity contribution is 6.00. The van der Waals surface area contributed by atoms with Crippen molar-refractivity contribution in [3.63, 3.8) is 0 Å². The number of amides is 1. The van der Waals surface area contributed by atoms with E-state index >= 15 is 0 Å². The molecule has 150 valence electrons. The molecule has 6 nitrogen and oxygen atoms in total. The molecule has 0 atom stereocenters. The number of rotatable bonds is 9. The van der Waals surface area contributed by atoms with Crippen molar-refractivity contribution in [3.05, 3.63) is 65.9 Å². The van der Waals surface area contributed by atoms with E-state index in [0.717, 1.165) is 30.2 Å². The van der Waals surface area contributed by atoms with Crippen molar-refractivity contribution >= 4 is 34.3 Å². The monoisotopic (exact) mass is 392 g/mol. The molecular formula is C23H24N2O4. The average Bonchev–Trinajstić information content (AvgIpc) is 3.17. The van der Waals surface area contributed by atoms with Crippen LogP contribution in [-0.2, 0) is 9.53 Å². The number of aromatic nitrogens is 1. The number of benzene rings is 2. The molecule has 0 aliphatic heterocycles. The first-order valence-electron chi connectivity index (χ1n) is 9.75. The van der Waals surface area contributed by atoms with Gasteiger partial charge in [0.2, 0.25) is 5.91 Å². The zero-order chi connectivity index (χ0) is 20.6. The molecule has 0 saturated carbocycles. The molecule has 0 radical (unpaired) electrons. The molecule has 0 aliphatic carbocycles. The van der Waals surface area contributed by atoms with Gasteiger partial charge in [0.15, 0.2) is 12.4 Å². The first kappa shape index (κ1) is 20.3. The fourth-order valence-electron chi connectivity index (χ4n) is 2.97. The van der Waals surface area contributed by atoms with E-state index in [0.29, 0.717) is 23.4 Å². The highest BCUT2D eigenvalue weighted by Gasteiger charge is 2.14. The minimum absolute atomic E-state index is 0.0372. The maximum atomic E-state index is 12.3. The number of hydrogen-bond acceptors (Lipinski definition) is 4. The fourth-order valence-corrected chi connectivity index (χ4v) is 2.97. The van der Waals surface area contributed by atoms with Crippen LogP contribution in [0.3, 0.4) is 0 Å². The number of carbonyl (C=O) groups is 3. The quantitative estimate of drug-likeness (QED) is 0.313. The van der Waals surface area contributed by atoms with Crippen LogP contribution in [0.1, 0.15) is 53.5 Å². The van der Waals surface area contributed by atoms with E-state index in [2.05, 4.69) is 17.2 Å². The second-order valence-electron chi connectivity index (χ2n) is 6.85. The summed E-state index contributed by atoms with van der Waals surface area (Å²) in [7, 11) is 0. The number of carbonyl (C=O) groups excluding carboxylic acids is 3. The lowest BCUT2D eigenvalue weighted by Gasteiger charge is -2.07. The molecule has 0 unspecified atom stereocenters. The van der Waals surface area contributed by atoms with Gasteiger partial charge in [-0.05, 0) is 42.8 Å². The molecule has 3 rings (SSSR count). The van der Waals surface area contributed by atoms with Crippen LogP contribution in [0, 0.1) is 0 Å². The zero-order valence-electron chi connectivity index (χ0n) is 16.4. The van der Waals surface area contributed by atoms with Crippen molar-refractivity contribution in [2.45, 2.75) is 32.6 Å². The Morgan fingerprint density at radius 2 is 1.76 bits per heavy atom. The Balaban J connectivity index is 1.51. The van der Waals surface area contributed by atoms with Gasteiger partial charge in [-0.25, -0.2) is 4.79 Å². The molecule has 3 aromatic rings. The fraction of sp³-hybridized carbons (Fsp3) is 0.261. The highest BCUT2D eigenvalue weighted by atomic mass is 16.5. The first-order valence-corrected chi connectivity index (χ1v) is 9.75. The van der Waals surface area contributed by atoms with Gasteiger partial charge < -0.3 is 15.0 Å². The molecule has 6 heteroatoms. The number of hydrogen-bond donors (Lipinski definition) is 2. The molecule has 2 aromatic carbocycles. The Morgan fingerprint density at radius 3 is 2.48 bits per heavy atom. The SMILES string of the molecule is CCCCCC(=O)Nc1ccc(C(=O)COC(=O)c2cc3ccccc3[nH]2)cc1. The second kappa shape index (κ2) is 9.68. The third kappa shape index (κ3) is 5.54. The van der Waals surface area contributed by atoms with Crippen molar-refractivity contribution in [2.24, 2.45) is 0 Å². The summed E-state index contributed by atoms with van der Waals surface area (Å²) in [6, 6.07) is 15.8. The Kier molecular flexibility index (Phi) is 6.79. The van der Waals surface area contributed by atoms with E-state index in [1.807, 2.05) is 24.3 Å². The van der Waals surface area contributed by atoms with Crippen LogP contribution >= 0.6 is 0 Å². The van der Waals surface area contributed by atoms with Gasteiger partial charge in [0, 0.05) is 28.6 Å². The molecule has 0 bridgehead atoms. The summed E-state index contributed by atoms with van der Waals surface area (Å²) in [6.45, 7) is 1.74. The second-order valence-corrected chi connectivity index (χ2v) is 6.85. The van der Waals surface area contributed by atoms with Crippen LogP contribution < -0.4 is 5.32 Å². The number of esters is 1. The largest absolute Gasteiger partial charge is 0.453 e. The summed E-state index contributed by atoms with van der Waals surface area (Å²) in [5.74, 6) is -0.925. The van der Waals surface area contributed by atoms with Crippen LogP contribution in [0.4, 0.5) is 5.69 Å². The van der Waals surface area contributed by atoms with E-state index in [-0.39, 0.29) is 18.3 Å². The van der Waals surface area contributed by atoms with Crippen LogP contribution in [0.25, 0.3) is 10.9 Å². The molecule has 29 heavy (non-hydrogen) atoms. The molecule has 1 aromatic heterocycles. The van der Waals surface area contributed by atoms with Crippen molar-refractivity contribution in [1.29, 1.82) is 0 Å². The summed E-state index contributed by atoms with van der Waals surface area (Å²) < 4.78 is 5.13. The number of fused-ring (bicyclic) bond motifs is 1. The van der Waals surface area contributed by atoms with Crippen LogP contribution in [0.2, 0.25) is 0 Å². The lowest BCUT2D eigenvalue weighted by atomic mass is 10.1. The Labute approximate surface area is 169 Å². The highest BCUT2D eigenvalue weighted by Crippen LogP contribution is 2.16. The number of ketones is 1. The summed E-state index contributed by atoms with van der Waals surface area (Å²) in [4.78, 5) is 39.3. The van der Waals surface area contributed by atoms with Crippen molar-refractivity contribution in [2.75, 3.05) is 11.9 Å².